The summed E-state index contributed by atoms with van der Waals surface area (Å²) < 4.78 is 14.0. The van der Waals surface area contributed by atoms with Crippen molar-refractivity contribution in [3.05, 3.63) is 79.0 Å². The molecular weight excluding hydrogens is 507 g/mol. The van der Waals surface area contributed by atoms with Crippen molar-refractivity contribution in [3.63, 3.8) is 0 Å². The van der Waals surface area contributed by atoms with Crippen molar-refractivity contribution in [2.75, 3.05) is 5.32 Å². The Morgan fingerprint density at radius 2 is 1.82 bits per heavy atom. The van der Waals surface area contributed by atoms with E-state index in [4.69, 9.17) is 0 Å². The number of amides is 1. The Balaban J connectivity index is 1.37. The summed E-state index contributed by atoms with van der Waals surface area (Å²) in [5.74, 6) is -0.708. The van der Waals surface area contributed by atoms with E-state index >= 15 is 0 Å². The first-order chi connectivity index (χ1) is 19.1. The van der Waals surface area contributed by atoms with Crippen LogP contribution in [0.1, 0.15) is 27.2 Å². The number of phenolic OH excluding ortho intramolecular Hbond substituents is 1. The van der Waals surface area contributed by atoms with Crippen molar-refractivity contribution in [2.24, 2.45) is 5.41 Å². The van der Waals surface area contributed by atoms with Crippen molar-refractivity contribution in [1.82, 2.24) is 25.1 Å². The lowest BCUT2D eigenvalue weighted by Crippen LogP contribution is -2.19. The normalized spacial score (nSPS) is 11.8. The lowest BCUT2D eigenvalue weighted by molar-refractivity contribution is -0.117. The number of carbonyl (C=O) groups excluding carboxylic acids is 1. The molecule has 0 saturated heterocycles. The predicted molar refractivity (Wildman–Crippen MR) is 154 cm³/mol. The first-order valence-electron chi connectivity index (χ1n) is 12.8. The minimum absolute atomic E-state index is 0.0707. The maximum absolute atomic E-state index is 14.0. The van der Waals surface area contributed by atoms with E-state index in [9.17, 15) is 14.3 Å². The van der Waals surface area contributed by atoms with Crippen LogP contribution in [0.3, 0.4) is 0 Å². The molecule has 1 amide bonds. The third kappa shape index (κ3) is 5.01. The number of benzene rings is 2. The number of aromatic amines is 2. The number of rotatable bonds is 5. The molecule has 6 aromatic rings. The molecule has 40 heavy (non-hydrogen) atoms. The number of pyridine rings is 2. The number of H-pyrrole nitrogens is 2. The Labute approximate surface area is 229 Å². The van der Waals surface area contributed by atoms with Crippen LogP contribution in [-0.2, 0) is 4.79 Å². The highest BCUT2D eigenvalue weighted by Crippen LogP contribution is 2.36. The van der Waals surface area contributed by atoms with Gasteiger partial charge in [0.2, 0.25) is 5.91 Å². The number of phenols is 1. The van der Waals surface area contributed by atoms with Crippen LogP contribution in [0, 0.1) is 11.2 Å². The standard InChI is InChI=1S/C31H27FN6O2/c1-31(2,3)13-29(40)35-20-8-18(14-33-15-20)26-12-24-28(16-34-26)37-38-30(24)27-11-23-22(5-4-6-25(23)36-27)17-7-19(32)10-21(39)9-17/h4-12,14-16,36,39H,13H2,1-3H3,(H,35,40)(H,37,38). The fraction of sp³-hybridized carbons (Fsp3) is 0.161. The number of aromatic nitrogens is 5. The average Bonchev–Trinajstić information content (AvgIpc) is 3.50. The van der Waals surface area contributed by atoms with Gasteiger partial charge in [-0.05, 0) is 52.9 Å². The maximum Gasteiger partial charge on any atom is 0.224 e. The number of hydrogen-bond donors (Lipinski definition) is 4. The molecule has 6 rings (SSSR count). The Hall–Kier alpha value is -5.05. The Morgan fingerprint density at radius 3 is 2.62 bits per heavy atom. The third-order valence-corrected chi connectivity index (χ3v) is 6.57. The summed E-state index contributed by atoms with van der Waals surface area (Å²) in [7, 11) is 0. The van der Waals surface area contributed by atoms with Crippen LogP contribution in [0.4, 0.5) is 10.1 Å². The molecule has 0 unspecified atom stereocenters. The number of halogens is 1. The topological polar surface area (TPSA) is 120 Å². The van der Waals surface area contributed by atoms with Gasteiger partial charge in [0.15, 0.2) is 0 Å². The Bertz CT molecular complexity index is 1880. The fourth-order valence-electron chi connectivity index (χ4n) is 4.88. The molecule has 0 aliphatic heterocycles. The lowest BCUT2D eigenvalue weighted by atomic mass is 9.92. The molecule has 0 fully saturated rings. The number of aromatic hydroxyl groups is 1. The summed E-state index contributed by atoms with van der Waals surface area (Å²) in [5, 5.41) is 22.2. The average molecular weight is 535 g/mol. The summed E-state index contributed by atoms with van der Waals surface area (Å²) in [6.07, 6.45) is 5.44. The molecule has 0 bridgehead atoms. The minimum Gasteiger partial charge on any atom is -0.508 e. The van der Waals surface area contributed by atoms with Crippen LogP contribution in [-0.4, -0.2) is 36.2 Å². The second kappa shape index (κ2) is 9.60. The number of nitrogens with zero attached hydrogens (tertiary/aromatic N) is 3. The molecule has 0 aliphatic rings. The molecule has 200 valence electrons. The second-order valence-electron chi connectivity index (χ2n) is 11.1. The van der Waals surface area contributed by atoms with E-state index in [-0.39, 0.29) is 17.1 Å². The summed E-state index contributed by atoms with van der Waals surface area (Å²) in [6, 6.07) is 15.5. The molecule has 4 aromatic heterocycles. The van der Waals surface area contributed by atoms with Crippen molar-refractivity contribution < 1.29 is 14.3 Å². The summed E-state index contributed by atoms with van der Waals surface area (Å²) >= 11 is 0. The molecule has 8 nitrogen and oxygen atoms in total. The minimum atomic E-state index is -0.506. The van der Waals surface area contributed by atoms with Crippen LogP contribution >= 0.6 is 0 Å². The zero-order valence-corrected chi connectivity index (χ0v) is 22.2. The van der Waals surface area contributed by atoms with Crippen LogP contribution < -0.4 is 5.32 Å². The van der Waals surface area contributed by atoms with Crippen LogP contribution in [0.2, 0.25) is 0 Å². The summed E-state index contributed by atoms with van der Waals surface area (Å²) in [6.45, 7) is 6.05. The van der Waals surface area contributed by atoms with E-state index < -0.39 is 5.82 Å². The SMILES string of the molecule is CC(C)(C)CC(=O)Nc1cncc(-c2cc3c(-c4cc5c(-c6cc(O)cc(F)c6)cccc5[nH]4)n[nH]c3cn2)c1. The fourth-order valence-corrected chi connectivity index (χ4v) is 4.88. The van der Waals surface area contributed by atoms with Crippen LogP contribution in [0.5, 0.6) is 5.75 Å². The van der Waals surface area contributed by atoms with Gasteiger partial charge in [0.25, 0.3) is 0 Å². The Kier molecular flexibility index (Phi) is 6.06. The molecule has 0 radical (unpaired) electrons. The maximum atomic E-state index is 14.0. The molecule has 0 atom stereocenters. The number of carbonyl (C=O) groups is 1. The van der Waals surface area contributed by atoms with Gasteiger partial charge in [0.1, 0.15) is 17.3 Å². The van der Waals surface area contributed by atoms with Crippen LogP contribution in [0.15, 0.2) is 73.2 Å². The molecule has 0 saturated carbocycles. The predicted octanol–water partition coefficient (Wildman–Crippen LogP) is 7.05. The lowest BCUT2D eigenvalue weighted by Gasteiger charge is -2.17. The van der Waals surface area contributed by atoms with E-state index in [1.54, 1.807) is 24.7 Å². The number of anilines is 1. The van der Waals surface area contributed by atoms with Crippen molar-refractivity contribution >= 4 is 33.4 Å². The van der Waals surface area contributed by atoms with Crippen molar-refractivity contribution in [2.45, 2.75) is 27.2 Å². The van der Waals surface area contributed by atoms with Gasteiger partial charge >= 0.3 is 0 Å². The highest BCUT2D eigenvalue weighted by Gasteiger charge is 2.18. The molecular formula is C31H27FN6O2. The van der Waals surface area contributed by atoms with E-state index in [2.05, 4.69) is 30.5 Å². The van der Waals surface area contributed by atoms with E-state index in [1.807, 2.05) is 57.2 Å². The smallest absolute Gasteiger partial charge is 0.224 e. The van der Waals surface area contributed by atoms with Gasteiger partial charge in [-0.25, -0.2) is 4.39 Å². The van der Waals surface area contributed by atoms with Gasteiger partial charge < -0.3 is 15.4 Å². The van der Waals surface area contributed by atoms with Gasteiger partial charge in [-0.1, -0.05) is 32.9 Å². The van der Waals surface area contributed by atoms with E-state index in [0.717, 1.165) is 44.7 Å². The van der Waals surface area contributed by atoms with Crippen molar-refractivity contribution in [3.8, 4) is 39.5 Å². The number of nitrogens with one attached hydrogen (secondary N) is 3. The van der Waals surface area contributed by atoms with Gasteiger partial charge in [0, 0.05) is 40.5 Å². The first kappa shape index (κ1) is 25.2. The summed E-state index contributed by atoms with van der Waals surface area (Å²) in [4.78, 5) is 24.8. The molecule has 0 aliphatic carbocycles. The number of hydrogen-bond acceptors (Lipinski definition) is 5. The highest BCUT2D eigenvalue weighted by atomic mass is 19.1. The van der Waals surface area contributed by atoms with Gasteiger partial charge in [-0.15, -0.1) is 0 Å². The molecule has 4 heterocycles. The van der Waals surface area contributed by atoms with Gasteiger partial charge in [-0.3, -0.25) is 19.9 Å². The highest BCUT2D eigenvalue weighted by molar-refractivity contribution is 6.01. The van der Waals surface area contributed by atoms with E-state index in [0.29, 0.717) is 29.1 Å². The Morgan fingerprint density at radius 1 is 0.975 bits per heavy atom. The van der Waals surface area contributed by atoms with Gasteiger partial charge in [-0.2, -0.15) is 5.10 Å². The molecule has 0 spiro atoms. The van der Waals surface area contributed by atoms with E-state index in [1.165, 1.54) is 6.07 Å². The second-order valence-corrected chi connectivity index (χ2v) is 11.1. The zero-order valence-electron chi connectivity index (χ0n) is 22.2. The molecule has 2 aromatic carbocycles. The zero-order chi connectivity index (χ0) is 28.0. The van der Waals surface area contributed by atoms with Gasteiger partial charge in [0.05, 0.1) is 35.0 Å². The van der Waals surface area contributed by atoms with Crippen LogP contribution in [0.25, 0.3) is 55.6 Å². The first-order valence-corrected chi connectivity index (χ1v) is 12.8. The third-order valence-electron chi connectivity index (χ3n) is 6.57. The largest absolute Gasteiger partial charge is 0.508 e. The van der Waals surface area contributed by atoms with Crippen molar-refractivity contribution in [1.29, 1.82) is 0 Å². The number of fused-ring (bicyclic) bond motifs is 2. The quantitative estimate of drug-likeness (QED) is 0.189. The monoisotopic (exact) mass is 534 g/mol. The summed E-state index contributed by atoms with van der Waals surface area (Å²) in [5.41, 5.74) is 6.36. The molecule has 9 heteroatoms. The molecule has 4 N–H and O–H groups in total.